The zero-order valence-corrected chi connectivity index (χ0v) is 15.9. The molecule has 0 unspecified atom stereocenters. The van der Waals surface area contributed by atoms with Crippen LogP contribution in [-0.4, -0.2) is 28.8 Å². The Labute approximate surface area is 164 Å². The molecule has 0 radical (unpaired) electrons. The van der Waals surface area contributed by atoms with Gasteiger partial charge >= 0.3 is 0 Å². The Hall–Kier alpha value is -2.79. The zero-order valence-electron chi connectivity index (χ0n) is 15.9. The van der Waals surface area contributed by atoms with Gasteiger partial charge in [-0.3, -0.25) is 9.69 Å². The quantitative estimate of drug-likeness (QED) is 0.594. The fourth-order valence-electron chi connectivity index (χ4n) is 3.67. The molecular formula is C23H23FN2O2. The number of nitrogens with zero attached hydrogens (tertiary/aromatic N) is 2. The third-order valence-corrected chi connectivity index (χ3v) is 5.30. The highest BCUT2D eigenvalue weighted by molar-refractivity contribution is 5.97. The van der Waals surface area contributed by atoms with Crippen LogP contribution in [0.5, 0.6) is 0 Å². The van der Waals surface area contributed by atoms with Gasteiger partial charge in [0.05, 0.1) is 5.69 Å². The lowest BCUT2D eigenvalue weighted by molar-refractivity contribution is 0.0834. The van der Waals surface area contributed by atoms with E-state index in [4.69, 9.17) is 4.42 Å². The fraction of sp³-hybridized carbons (Fsp3) is 0.304. The Morgan fingerprint density at radius 1 is 1.18 bits per heavy atom. The summed E-state index contributed by atoms with van der Waals surface area (Å²) in [6, 6.07) is 14.1. The van der Waals surface area contributed by atoms with Crippen LogP contribution in [-0.2, 0) is 6.54 Å². The fourth-order valence-corrected chi connectivity index (χ4v) is 3.67. The number of halogens is 1. The first-order chi connectivity index (χ1) is 13.6. The average Bonchev–Trinajstić information content (AvgIpc) is 3.17. The molecule has 0 bridgehead atoms. The van der Waals surface area contributed by atoms with Crippen molar-refractivity contribution in [1.29, 1.82) is 0 Å². The molecule has 5 heteroatoms. The van der Waals surface area contributed by atoms with Crippen molar-refractivity contribution in [3.8, 4) is 11.5 Å². The molecule has 2 heterocycles. The van der Waals surface area contributed by atoms with Crippen LogP contribution >= 0.6 is 0 Å². The van der Waals surface area contributed by atoms with Gasteiger partial charge in [-0.15, -0.1) is 0 Å². The summed E-state index contributed by atoms with van der Waals surface area (Å²) in [5.74, 6) is 0.449. The predicted molar refractivity (Wildman–Crippen MR) is 105 cm³/mol. The van der Waals surface area contributed by atoms with E-state index in [1.807, 2.05) is 31.2 Å². The monoisotopic (exact) mass is 378 g/mol. The first-order valence-electron chi connectivity index (χ1n) is 9.62. The summed E-state index contributed by atoms with van der Waals surface area (Å²) in [5, 5.41) is 0. The summed E-state index contributed by atoms with van der Waals surface area (Å²) in [4.78, 5) is 19.5. The molecule has 0 saturated carbocycles. The van der Waals surface area contributed by atoms with E-state index < -0.39 is 0 Å². The lowest BCUT2D eigenvalue weighted by Crippen LogP contribution is -2.36. The van der Waals surface area contributed by atoms with Gasteiger partial charge in [-0.25, -0.2) is 9.37 Å². The summed E-state index contributed by atoms with van der Waals surface area (Å²) >= 11 is 0. The highest BCUT2D eigenvalue weighted by Crippen LogP contribution is 2.24. The Morgan fingerprint density at radius 2 is 1.93 bits per heavy atom. The minimum absolute atomic E-state index is 0.0825. The Kier molecular flexibility index (Phi) is 5.35. The summed E-state index contributed by atoms with van der Waals surface area (Å²) in [5.41, 5.74) is 3.42. The van der Waals surface area contributed by atoms with Gasteiger partial charge in [-0.1, -0.05) is 35.9 Å². The second-order valence-electron chi connectivity index (χ2n) is 7.44. The smallest absolute Gasteiger partial charge is 0.226 e. The van der Waals surface area contributed by atoms with Crippen molar-refractivity contribution in [1.82, 2.24) is 9.88 Å². The highest BCUT2D eigenvalue weighted by Gasteiger charge is 2.26. The minimum atomic E-state index is -0.308. The van der Waals surface area contributed by atoms with Gasteiger partial charge in [0.2, 0.25) is 5.89 Å². The Bertz CT molecular complexity index is 957. The number of hydrogen-bond acceptors (Lipinski definition) is 4. The summed E-state index contributed by atoms with van der Waals surface area (Å²) < 4.78 is 18.9. The van der Waals surface area contributed by atoms with Crippen LogP contribution in [0.25, 0.3) is 11.5 Å². The van der Waals surface area contributed by atoms with Gasteiger partial charge in [0, 0.05) is 23.6 Å². The van der Waals surface area contributed by atoms with Gasteiger partial charge in [0.15, 0.2) is 5.78 Å². The number of benzene rings is 2. The number of hydrogen-bond donors (Lipinski definition) is 0. The van der Waals surface area contributed by atoms with Crippen LogP contribution in [0, 0.1) is 18.7 Å². The summed E-state index contributed by atoms with van der Waals surface area (Å²) in [6.07, 6.45) is 3.33. The molecule has 28 heavy (non-hydrogen) atoms. The van der Waals surface area contributed by atoms with E-state index in [0.717, 1.165) is 42.8 Å². The standard InChI is InChI=1S/C23H23FN2O2/c1-16-5-7-17(8-6-16)22(27)18-9-11-26(12-10-18)14-21-15-28-23(25-21)19-3-2-4-20(24)13-19/h2-8,13,15,18H,9-12,14H2,1H3. The van der Waals surface area contributed by atoms with Crippen molar-refractivity contribution in [3.63, 3.8) is 0 Å². The number of Topliss-reactive ketones (excluding diaryl/α,β-unsaturated/α-hetero) is 1. The molecule has 0 aliphatic carbocycles. The van der Waals surface area contributed by atoms with Crippen LogP contribution in [0.15, 0.2) is 59.2 Å². The zero-order chi connectivity index (χ0) is 19.5. The molecule has 1 aromatic heterocycles. The minimum Gasteiger partial charge on any atom is -0.444 e. The summed E-state index contributed by atoms with van der Waals surface area (Å²) in [6.45, 7) is 4.40. The normalized spacial score (nSPS) is 15.6. The molecule has 1 saturated heterocycles. The van der Waals surface area contributed by atoms with Gasteiger partial charge in [0.25, 0.3) is 0 Å². The van der Waals surface area contributed by atoms with E-state index in [2.05, 4.69) is 9.88 Å². The van der Waals surface area contributed by atoms with E-state index in [1.165, 1.54) is 12.1 Å². The van der Waals surface area contributed by atoms with E-state index in [-0.39, 0.29) is 17.5 Å². The van der Waals surface area contributed by atoms with Crippen molar-refractivity contribution in [2.24, 2.45) is 5.92 Å². The number of piperidine rings is 1. The molecule has 1 aliphatic heterocycles. The number of aryl methyl sites for hydroxylation is 1. The SMILES string of the molecule is Cc1ccc(C(=O)C2CCN(Cc3coc(-c4cccc(F)c4)n3)CC2)cc1. The van der Waals surface area contributed by atoms with Gasteiger partial charge in [-0.05, 0) is 51.1 Å². The Balaban J connectivity index is 1.33. The first-order valence-corrected chi connectivity index (χ1v) is 9.62. The van der Waals surface area contributed by atoms with Crippen LogP contribution in [0.1, 0.15) is 34.5 Å². The molecule has 4 nitrogen and oxygen atoms in total. The molecule has 0 N–H and O–H groups in total. The average molecular weight is 378 g/mol. The molecule has 3 aromatic rings. The summed E-state index contributed by atoms with van der Waals surface area (Å²) in [7, 11) is 0. The second kappa shape index (κ2) is 8.07. The van der Waals surface area contributed by atoms with E-state index in [9.17, 15) is 9.18 Å². The lowest BCUT2D eigenvalue weighted by atomic mass is 9.88. The molecular weight excluding hydrogens is 355 g/mol. The maximum Gasteiger partial charge on any atom is 0.226 e. The number of carbonyl (C=O) groups is 1. The van der Waals surface area contributed by atoms with E-state index in [1.54, 1.807) is 18.4 Å². The lowest BCUT2D eigenvalue weighted by Gasteiger charge is -2.30. The topological polar surface area (TPSA) is 46.3 Å². The predicted octanol–water partition coefficient (Wildman–Crippen LogP) is 4.88. The van der Waals surface area contributed by atoms with Crippen LogP contribution in [0.2, 0.25) is 0 Å². The molecule has 0 atom stereocenters. The molecule has 0 amide bonds. The van der Waals surface area contributed by atoms with Gasteiger partial charge in [0.1, 0.15) is 12.1 Å². The molecule has 1 fully saturated rings. The van der Waals surface area contributed by atoms with Crippen molar-refractivity contribution in [2.75, 3.05) is 13.1 Å². The second-order valence-corrected chi connectivity index (χ2v) is 7.44. The number of likely N-dealkylation sites (tertiary alicyclic amines) is 1. The maximum absolute atomic E-state index is 13.4. The number of oxazole rings is 1. The number of ketones is 1. The van der Waals surface area contributed by atoms with Crippen LogP contribution in [0.4, 0.5) is 4.39 Å². The third kappa shape index (κ3) is 4.20. The highest BCUT2D eigenvalue weighted by atomic mass is 19.1. The molecule has 2 aromatic carbocycles. The molecule has 1 aliphatic rings. The number of rotatable bonds is 5. The molecule has 0 spiro atoms. The number of carbonyl (C=O) groups excluding carboxylic acids is 1. The largest absolute Gasteiger partial charge is 0.444 e. The Morgan fingerprint density at radius 3 is 2.64 bits per heavy atom. The molecule has 4 rings (SSSR count). The van der Waals surface area contributed by atoms with E-state index >= 15 is 0 Å². The van der Waals surface area contributed by atoms with Gasteiger partial charge in [-0.2, -0.15) is 0 Å². The number of aromatic nitrogens is 1. The first kappa shape index (κ1) is 18.6. The van der Waals surface area contributed by atoms with Crippen LogP contribution < -0.4 is 0 Å². The van der Waals surface area contributed by atoms with Crippen LogP contribution in [0.3, 0.4) is 0 Å². The maximum atomic E-state index is 13.4. The third-order valence-electron chi connectivity index (χ3n) is 5.30. The van der Waals surface area contributed by atoms with Crippen molar-refractivity contribution >= 4 is 5.78 Å². The van der Waals surface area contributed by atoms with Crippen molar-refractivity contribution in [3.05, 3.63) is 77.4 Å². The van der Waals surface area contributed by atoms with Crippen molar-refractivity contribution in [2.45, 2.75) is 26.3 Å². The van der Waals surface area contributed by atoms with Crippen molar-refractivity contribution < 1.29 is 13.6 Å². The molecule has 144 valence electrons. The van der Waals surface area contributed by atoms with E-state index in [0.29, 0.717) is 18.0 Å². The van der Waals surface area contributed by atoms with Gasteiger partial charge < -0.3 is 4.42 Å².